The molecular formula is C17H20N2OS. The summed E-state index contributed by atoms with van der Waals surface area (Å²) in [5, 5.41) is 2.86. The first kappa shape index (κ1) is 15.4. The molecule has 2 aromatic rings. The van der Waals surface area contributed by atoms with Crippen LogP contribution in [0.5, 0.6) is 0 Å². The van der Waals surface area contributed by atoms with E-state index in [1.54, 1.807) is 12.1 Å². The van der Waals surface area contributed by atoms with E-state index in [0.717, 1.165) is 23.6 Å². The molecule has 0 radical (unpaired) electrons. The van der Waals surface area contributed by atoms with Gasteiger partial charge in [-0.15, -0.1) is 0 Å². The normalized spacial score (nSPS) is 10.3. The van der Waals surface area contributed by atoms with E-state index in [1.165, 1.54) is 5.56 Å². The van der Waals surface area contributed by atoms with Crippen molar-refractivity contribution < 1.29 is 4.79 Å². The van der Waals surface area contributed by atoms with Gasteiger partial charge in [0.05, 0.1) is 0 Å². The molecule has 0 saturated heterocycles. The number of nitrogens with two attached hydrogens (primary N) is 1. The van der Waals surface area contributed by atoms with Crippen molar-refractivity contribution in [3.05, 3.63) is 60.2 Å². The standard InChI is InChI=1S/C17H20N2OS/c18-15-8-4-9-16(12-15)19-17(20)10-5-11-21-13-14-6-2-1-3-7-14/h1-4,6-9,12H,5,10-11,13,18H2,(H,19,20). The topological polar surface area (TPSA) is 55.1 Å². The lowest BCUT2D eigenvalue weighted by atomic mass is 10.2. The van der Waals surface area contributed by atoms with Crippen LogP contribution in [0, 0.1) is 0 Å². The van der Waals surface area contributed by atoms with Crippen LogP contribution in [-0.4, -0.2) is 11.7 Å². The summed E-state index contributed by atoms with van der Waals surface area (Å²) in [7, 11) is 0. The second-order valence-corrected chi connectivity index (χ2v) is 5.92. The maximum atomic E-state index is 11.8. The number of amides is 1. The largest absolute Gasteiger partial charge is 0.399 e. The molecule has 2 aromatic carbocycles. The molecule has 110 valence electrons. The number of nitrogens with one attached hydrogen (secondary N) is 1. The van der Waals surface area contributed by atoms with Crippen LogP contribution < -0.4 is 11.1 Å². The molecule has 0 heterocycles. The third-order valence-corrected chi connectivity index (χ3v) is 4.09. The second kappa shape index (κ2) is 8.37. The first-order chi connectivity index (χ1) is 10.2. The van der Waals surface area contributed by atoms with Crippen molar-refractivity contribution in [2.24, 2.45) is 0 Å². The molecule has 3 N–H and O–H groups in total. The number of hydrogen-bond donors (Lipinski definition) is 2. The van der Waals surface area contributed by atoms with E-state index in [4.69, 9.17) is 5.73 Å². The highest BCUT2D eigenvalue weighted by Crippen LogP contribution is 2.15. The molecule has 1 amide bonds. The third kappa shape index (κ3) is 5.92. The average molecular weight is 300 g/mol. The molecule has 0 aliphatic heterocycles. The Bertz CT molecular complexity index is 572. The Balaban J connectivity index is 1.61. The molecule has 0 unspecified atom stereocenters. The fourth-order valence-electron chi connectivity index (χ4n) is 1.94. The third-order valence-electron chi connectivity index (χ3n) is 2.97. The van der Waals surface area contributed by atoms with Gasteiger partial charge in [0.15, 0.2) is 0 Å². The molecule has 0 fully saturated rings. The molecule has 4 heteroatoms. The maximum absolute atomic E-state index is 11.8. The van der Waals surface area contributed by atoms with Gasteiger partial charge in [-0.25, -0.2) is 0 Å². The first-order valence-corrected chi connectivity index (χ1v) is 8.16. The highest BCUT2D eigenvalue weighted by molar-refractivity contribution is 7.98. The second-order valence-electron chi connectivity index (χ2n) is 4.82. The van der Waals surface area contributed by atoms with Gasteiger partial charge in [0, 0.05) is 23.5 Å². The molecule has 3 nitrogen and oxygen atoms in total. The van der Waals surface area contributed by atoms with Crippen molar-refractivity contribution in [3.8, 4) is 0 Å². The molecule has 2 rings (SSSR count). The van der Waals surface area contributed by atoms with Crippen molar-refractivity contribution in [2.45, 2.75) is 18.6 Å². The van der Waals surface area contributed by atoms with Crippen LogP contribution in [0.2, 0.25) is 0 Å². The van der Waals surface area contributed by atoms with Gasteiger partial charge in [-0.1, -0.05) is 36.4 Å². The number of rotatable bonds is 7. The molecule has 0 saturated carbocycles. The van der Waals surface area contributed by atoms with Gasteiger partial charge < -0.3 is 11.1 Å². The van der Waals surface area contributed by atoms with Gasteiger partial charge in [0.25, 0.3) is 0 Å². The van der Waals surface area contributed by atoms with Gasteiger partial charge in [-0.05, 0) is 35.9 Å². The van der Waals surface area contributed by atoms with Gasteiger partial charge in [-0.2, -0.15) is 11.8 Å². The number of nitrogen functional groups attached to an aromatic ring is 1. The minimum Gasteiger partial charge on any atom is -0.399 e. The summed E-state index contributed by atoms with van der Waals surface area (Å²) in [4.78, 5) is 11.8. The highest BCUT2D eigenvalue weighted by atomic mass is 32.2. The van der Waals surface area contributed by atoms with Crippen LogP contribution in [0.15, 0.2) is 54.6 Å². The van der Waals surface area contributed by atoms with E-state index < -0.39 is 0 Å². The van der Waals surface area contributed by atoms with E-state index in [-0.39, 0.29) is 5.91 Å². The van der Waals surface area contributed by atoms with Crippen molar-refractivity contribution >= 4 is 29.0 Å². The molecule has 0 aliphatic carbocycles. The zero-order valence-electron chi connectivity index (χ0n) is 11.9. The van der Waals surface area contributed by atoms with E-state index in [1.807, 2.05) is 30.0 Å². The summed E-state index contributed by atoms with van der Waals surface area (Å²) >= 11 is 1.86. The number of carbonyl (C=O) groups excluding carboxylic acids is 1. The highest BCUT2D eigenvalue weighted by Gasteiger charge is 2.02. The van der Waals surface area contributed by atoms with Crippen LogP contribution in [-0.2, 0) is 10.5 Å². The predicted molar refractivity (Wildman–Crippen MR) is 91.3 cm³/mol. The monoisotopic (exact) mass is 300 g/mol. The lowest BCUT2D eigenvalue weighted by molar-refractivity contribution is -0.116. The SMILES string of the molecule is Nc1cccc(NC(=O)CCCSCc2ccccc2)c1. The van der Waals surface area contributed by atoms with Crippen LogP contribution in [0.3, 0.4) is 0 Å². The molecular weight excluding hydrogens is 280 g/mol. The quantitative estimate of drug-likeness (QED) is 0.602. The van der Waals surface area contributed by atoms with Crippen molar-refractivity contribution in [1.82, 2.24) is 0 Å². The van der Waals surface area contributed by atoms with E-state index >= 15 is 0 Å². The van der Waals surface area contributed by atoms with Crippen molar-refractivity contribution in [1.29, 1.82) is 0 Å². The van der Waals surface area contributed by atoms with E-state index in [2.05, 4.69) is 29.6 Å². The first-order valence-electron chi connectivity index (χ1n) is 7.01. The Morgan fingerprint density at radius 3 is 2.67 bits per heavy atom. The number of benzene rings is 2. The van der Waals surface area contributed by atoms with Crippen molar-refractivity contribution in [3.63, 3.8) is 0 Å². The Morgan fingerprint density at radius 2 is 1.90 bits per heavy atom. The molecule has 0 aromatic heterocycles. The minimum absolute atomic E-state index is 0.0425. The zero-order valence-corrected chi connectivity index (χ0v) is 12.7. The molecule has 21 heavy (non-hydrogen) atoms. The Hall–Kier alpha value is -1.94. The van der Waals surface area contributed by atoms with Gasteiger partial charge in [0.2, 0.25) is 5.91 Å². The summed E-state index contributed by atoms with van der Waals surface area (Å²) in [6, 6.07) is 17.6. The molecule has 0 bridgehead atoms. The number of hydrogen-bond acceptors (Lipinski definition) is 3. The van der Waals surface area contributed by atoms with Crippen LogP contribution in [0.1, 0.15) is 18.4 Å². The summed E-state index contributed by atoms with van der Waals surface area (Å²) in [5.41, 5.74) is 8.42. The lowest BCUT2D eigenvalue weighted by Crippen LogP contribution is -2.11. The van der Waals surface area contributed by atoms with Gasteiger partial charge in [0.1, 0.15) is 0 Å². The van der Waals surface area contributed by atoms with E-state index in [0.29, 0.717) is 12.1 Å². The van der Waals surface area contributed by atoms with E-state index in [9.17, 15) is 4.79 Å². The minimum atomic E-state index is 0.0425. The van der Waals surface area contributed by atoms with Crippen molar-refractivity contribution in [2.75, 3.05) is 16.8 Å². The average Bonchev–Trinajstić information content (AvgIpc) is 2.48. The molecule has 0 aliphatic rings. The number of anilines is 2. The van der Waals surface area contributed by atoms with Crippen LogP contribution >= 0.6 is 11.8 Å². The van der Waals surface area contributed by atoms with Crippen LogP contribution in [0.4, 0.5) is 11.4 Å². The van der Waals surface area contributed by atoms with Gasteiger partial charge >= 0.3 is 0 Å². The maximum Gasteiger partial charge on any atom is 0.224 e. The predicted octanol–water partition coefficient (Wildman–Crippen LogP) is 3.92. The summed E-state index contributed by atoms with van der Waals surface area (Å²) in [6.45, 7) is 0. The Morgan fingerprint density at radius 1 is 1.10 bits per heavy atom. The Kier molecular flexibility index (Phi) is 6.16. The summed E-state index contributed by atoms with van der Waals surface area (Å²) in [5.74, 6) is 2.03. The smallest absolute Gasteiger partial charge is 0.224 e. The van der Waals surface area contributed by atoms with Crippen LogP contribution in [0.25, 0.3) is 0 Å². The molecule has 0 atom stereocenters. The Labute approximate surface area is 129 Å². The number of thioether (sulfide) groups is 1. The van der Waals surface area contributed by atoms with Gasteiger partial charge in [-0.3, -0.25) is 4.79 Å². The summed E-state index contributed by atoms with van der Waals surface area (Å²) < 4.78 is 0. The lowest BCUT2D eigenvalue weighted by Gasteiger charge is -2.06. The molecule has 0 spiro atoms. The number of carbonyl (C=O) groups is 1. The fourth-order valence-corrected chi connectivity index (χ4v) is 2.86. The zero-order chi connectivity index (χ0) is 14.9. The fraction of sp³-hybridized carbons (Fsp3) is 0.235. The summed E-state index contributed by atoms with van der Waals surface area (Å²) in [6.07, 6.45) is 1.42.